The van der Waals surface area contributed by atoms with Crippen LogP contribution in [0.15, 0.2) is 60.8 Å². The first kappa shape index (κ1) is 23.5. The largest absolute Gasteiger partial charge is 0.492 e. The average molecular weight is 478 g/mol. The van der Waals surface area contributed by atoms with Crippen molar-refractivity contribution in [2.24, 2.45) is 0 Å². The number of amides is 1. The van der Waals surface area contributed by atoms with E-state index in [9.17, 15) is 4.79 Å². The van der Waals surface area contributed by atoms with Gasteiger partial charge in [0, 0.05) is 11.8 Å². The highest BCUT2D eigenvalue weighted by molar-refractivity contribution is 7.22. The molecule has 0 aliphatic carbocycles. The first-order valence-electron chi connectivity index (χ1n) is 11.3. The van der Waals surface area contributed by atoms with E-state index in [1.54, 1.807) is 29.3 Å². The number of benzene rings is 2. The molecule has 0 saturated carbocycles. The summed E-state index contributed by atoms with van der Waals surface area (Å²) in [6.45, 7) is 7.53. The van der Waals surface area contributed by atoms with Gasteiger partial charge in [-0.05, 0) is 63.2 Å². The molecule has 2 aromatic carbocycles. The quantitative estimate of drug-likeness (QED) is 0.290. The molecule has 2 aromatic heterocycles. The minimum absolute atomic E-state index is 0.202. The van der Waals surface area contributed by atoms with Crippen molar-refractivity contribution >= 4 is 32.6 Å². The average Bonchev–Trinajstić information content (AvgIpc) is 3.29. The fourth-order valence-corrected chi connectivity index (χ4v) is 4.50. The maximum absolute atomic E-state index is 13.8. The van der Waals surface area contributed by atoms with E-state index in [0.717, 1.165) is 15.9 Å². The molecule has 0 aliphatic heterocycles. The van der Waals surface area contributed by atoms with Crippen LogP contribution in [-0.4, -0.2) is 35.7 Å². The van der Waals surface area contributed by atoms with Crippen molar-refractivity contribution in [2.75, 3.05) is 24.7 Å². The molecule has 4 aromatic rings. The van der Waals surface area contributed by atoms with Crippen LogP contribution in [0.5, 0.6) is 17.2 Å². The number of aromatic nitrogens is 2. The van der Waals surface area contributed by atoms with Gasteiger partial charge in [-0.3, -0.25) is 14.7 Å². The monoisotopic (exact) mass is 477 g/mol. The topological polar surface area (TPSA) is 73.8 Å². The zero-order chi connectivity index (χ0) is 23.9. The summed E-state index contributed by atoms with van der Waals surface area (Å²) in [6, 6.07) is 16.7. The van der Waals surface area contributed by atoms with Crippen LogP contribution < -0.4 is 19.1 Å². The first-order chi connectivity index (χ1) is 16.6. The number of hydrogen-bond donors (Lipinski definition) is 0. The lowest BCUT2D eigenvalue weighted by Crippen LogP contribution is -2.30. The third-order valence-electron chi connectivity index (χ3n) is 4.98. The molecule has 7 nitrogen and oxygen atoms in total. The van der Waals surface area contributed by atoms with Gasteiger partial charge in [-0.15, -0.1) is 0 Å². The molecule has 0 aliphatic rings. The maximum atomic E-state index is 13.8. The Labute approximate surface area is 202 Å². The Kier molecular flexibility index (Phi) is 7.59. The number of pyridine rings is 1. The maximum Gasteiger partial charge on any atom is 0.260 e. The van der Waals surface area contributed by atoms with Crippen LogP contribution in [0.2, 0.25) is 0 Å². The number of hydrogen-bond acceptors (Lipinski definition) is 7. The Morgan fingerprint density at radius 3 is 2.38 bits per heavy atom. The van der Waals surface area contributed by atoms with Crippen LogP contribution in [0.3, 0.4) is 0 Å². The fraction of sp³-hybridized carbons (Fsp3) is 0.269. The van der Waals surface area contributed by atoms with Gasteiger partial charge >= 0.3 is 0 Å². The van der Waals surface area contributed by atoms with Gasteiger partial charge in [0.25, 0.3) is 5.91 Å². The highest BCUT2D eigenvalue weighted by Crippen LogP contribution is 2.36. The van der Waals surface area contributed by atoms with Crippen molar-refractivity contribution in [3.8, 4) is 17.2 Å². The fourth-order valence-electron chi connectivity index (χ4n) is 3.52. The second-order valence-corrected chi connectivity index (χ2v) is 8.28. The number of nitrogens with zero attached hydrogens (tertiary/aromatic N) is 3. The van der Waals surface area contributed by atoms with Gasteiger partial charge in [-0.25, -0.2) is 4.98 Å². The van der Waals surface area contributed by atoms with Crippen molar-refractivity contribution in [3.05, 3.63) is 72.1 Å². The van der Waals surface area contributed by atoms with Gasteiger partial charge in [0.05, 0.1) is 36.8 Å². The van der Waals surface area contributed by atoms with E-state index < -0.39 is 0 Å². The summed E-state index contributed by atoms with van der Waals surface area (Å²) in [5, 5.41) is 0.574. The van der Waals surface area contributed by atoms with Crippen LogP contribution in [0.25, 0.3) is 10.2 Å². The molecular weight excluding hydrogens is 450 g/mol. The number of fused-ring (bicyclic) bond motifs is 1. The highest BCUT2D eigenvalue weighted by atomic mass is 32.1. The van der Waals surface area contributed by atoms with Crippen molar-refractivity contribution < 1.29 is 19.0 Å². The summed E-state index contributed by atoms with van der Waals surface area (Å²) in [7, 11) is 0. The Morgan fingerprint density at radius 2 is 1.65 bits per heavy atom. The standard InChI is InChI=1S/C26H27N3O4S/c1-4-31-20-14-13-18(16-22(20)33-6-3)25(30)29(17-19-10-7-8-15-27-19)26-28-24-21(32-5-2)11-9-12-23(24)34-26/h7-16H,4-6,17H2,1-3H3. The number of para-hydroxylation sites is 1. The summed E-state index contributed by atoms with van der Waals surface area (Å²) in [5.41, 5.74) is 1.98. The molecule has 0 bridgehead atoms. The number of anilines is 1. The summed E-state index contributed by atoms with van der Waals surface area (Å²) in [6.07, 6.45) is 1.72. The lowest BCUT2D eigenvalue weighted by molar-refractivity contribution is 0.0984. The van der Waals surface area contributed by atoms with Gasteiger partial charge in [0.15, 0.2) is 16.6 Å². The van der Waals surface area contributed by atoms with E-state index in [1.165, 1.54) is 11.3 Å². The SMILES string of the molecule is CCOc1ccc(C(=O)N(Cc2ccccn2)c2nc3c(OCC)cccc3s2)cc1OCC. The minimum atomic E-state index is -0.202. The summed E-state index contributed by atoms with van der Waals surface area (Å²) in [5.74, 6) is 1.65. The molecule has 0 radical (unpaired) electrons. The second-order valence-electron chi connectivity index (χ2n) is 7.27. The molecule has 2 heterocycles. The van der Waals surface area contributed by atoms with E-state index >= 15 is 0 Å². The molecule has 0 N–H and O–H groups in total. The van der Waals surface area contributed by atoms with Crippen LogP contribution in [0.4, 0.5) is 5.13 Å². The lowest BCUT2D eigenvalue weighted by Gasteiger charge is -2.20. The van der Waals surface area contributed by atoms with Gasteiger partial charge in [-0.1, -0.05) is 23.5 Å². The van der Waals surface area contributed by atoms with Gasteiger partial charge in [0.1, 0.15) is 11.3 Å². The van der Waals surface area contributed by atoms with Gasteiger partial charge in [-0.2, -0.15) is 0 Å². The van der Waals surface area contributed by atoms with Crippen molar-refractivity contribution in [3.63, 3.8) is 0 Å². The van der Waals surface area contributed by atoms with Gasteiger partial charge in [0.2, 0.25) is 0 Å². The normalized spacial score (nSPS) is 10.8. The number of thiazole rings is 1. The zero-order valence-corrected chi connectivity index (χ0v) is 20.3. The first-order valence-corrected chi connectivity index (χ1v) is 12.1. The van der Waals surface area contributed by atoms with Crippen LogP contribution in [0.1, 0.15) is 36.8 Å². The molecule has 0 unspecified atom stereocenters. The minimum Gasteiger partial charge on any atom is -0.492 e. The predicted molar refractivity (Wildman–Crippen MR) is 134 cm³/mol. The van der Waals surface area contributed by atoms with Crippen LogP contribution in [-0.2, 0) is 6.54 Å². The molecule has 0 fully saturated rings. The Morgan fingerprint density at radius 1 is 0.882 bits per heavy atom. The summed E-state index contributed by atoms with van der Waals surface area (Å²) >= 11 is 1.44. The number of rotatable bonds is 10. The molecule has 0 atom stereocenters. The van der Waals surface area contributed by atoms with E-state index in [-0.39, 0.29) is 12.5 Å². The predicted octanol–water partition coefficient (Wildman–Crippen LogP) is 5.73. The summed E-state index contributed by atoms with van der Waals surface area (Å²) in [4.78, 5) is 24.7. The van der Waals surface area contributed by atoms with E-state index in [0.29, 0.717) is 47.8 Å². The number of ether oxygens (including phenoxy) is 3. The molecule has 4 rings (SSSR count). The molecule has 34 heavy (non-hydrogen) atoms. The third-order valence-corrected chi connectivity index (χ3v) is 6.03. The molecule has 8 heteroatoms. The third kappa shape index (κ3) is 5.12. The molecular formula is C26H27N3O4S. The Hall–Kier alpha value is -3.65. The molecule has 1 amide bonds. The van der Waals surface area contributed by atoms with Gasteiger partial charge < -0.3 is 14.2 Å². The number of carbonyl (C=O) groups excluding carboxylic acids is 1. The zero-order valence-electron chi connectivity index (χ0n) is 19.5. The van der Waals surface area contributed by atoms with Crippen LogP contribution >= 0.6 is 11.3 Å². The Bertz CT molecular complexity index is 1260. The number of carbonyl (C=O) groups is 1. The van der Waals surface area contributed by atoms with E-state index in [1.807, 2.05) is 57.2 Å². The molecule has 176 valence electrons. The summed E-state index contributed by atoms with van der Waals surface area (Å²) < 4.78 is 18.1. The highest BCUT2D eigenvalue weighted by Gasteiger charge is 2.24. The van der Waals surface area contributed by atoms with E-state index in [2.05, 4.69) is 4.98 Å². The van der Waals surface area contributed by atoms with Crippen molar-refractivity contribution in [1.82, 2.24) is 9.97 Å². The second kappa shape index (κ2) is 11.0. The smallest absolute Gasteiger partial charge is 0.260 e. The lowest BCUT2D eigenvalue weighted by atomic mass is 10.1. The van der Waals surface area contributed by atoms with Crippen molar-refractivity contribution in [2.45, 2.75) is 27.3 Å². The van der Waals surface area contributed by atoms with Crippen molar-refractivity contribution in [1.29, 1.82) is 0 Å². The molecule has 0 saturated heterocycles. The molecule has 0 spiro atoms. The van der Waals surface area contributed by atoms with E-state index in [4.69, 9.17) is 19.2 Å². The van der Waals surface area contributed by atoms with Crippen LogP contribution in [0, 0.1) is 0 Å². The Balaban J connectivity index is 1.76.